The average Bonchev–Trinajstić information content (AvgIpc) is 2.25. The maximum absolute atomic E-state index is 2.73. The van der Waals surface area contributed by atoms with E-state index in [1.54, 1.807) is 0 Å². The summed E-state index contributed by atoms with van der Waals surface area (Å²) in [6.45, 7) is 11.0. The van der Waals surface area contributed by atoms with Gasteiger partial charge < -0.3 is 4.90 Å². The van der Waals surface area contributed by atoms with E-state index in [9.17, 15) is 0 Å². The quantitative estimate of drug-likeness (QED) is 0.533. The fourth-order valence-electron chi connectivity index (χ4n) is 2.94. The first kappa shape index (κ1) is 13.1. The second-order valence-corrected chi connectivity index (χ2v) is 6.79. The van der Waals surface area contributed by atoms with Crippen molar-refractivity contribution in [2.24, 2.45) is 5.92 Å². The van der Waals surface area contributed by atoms with Crippen LogP contribution < -0.4 is 0 Å². The van der Waals surface area contributed by atoms with Crippen LogP contribution in [0, 0.1) is 5.92 Å². The highest BCUT2D eigenvalue weighted by Gasteiger charge is 2.34. The molecule has 0 N–H and O–H groups in total. The number of piperidine rings is 1. The summed E-state index contributed by atoms with van der Waals surface area (Å²) in [5, 5.41) is 0. The fraction of sp³-hybridized carbons (Fsp3) is 1.00. The Kier molecular flexibility index (Phi) is 4.49. The molecule has 3 atom stereocenters. The number of rotatable bonds is 1. The Labute approximate surface area is 114 Å². The highest BCUT2D eigenvalue weighted by atomic mass is 127. The Bertz CT molecular complexity index is 228. The van der Waals surface area contributed by atoms with Crippen LogP contribution in [0.25, 0.3) is 0 Å². The SMILES string of the molecule is CC1CN(I)C(C)CC1N1CCN(C)CC1. The second-order valence-electron chi connectivity index (χ2n) is 5.55. The van der Waals surface area contributed by atoms with Crippen LogP contribution in [0.4, 0.5) is 0 Å². The zero-order valence-corrected chi connectivity index (χ0v) is 12.9. The molecule has 2 aliphatic rings. The first-order valence-electron chi connectivity index (χ1n) is 6.43. The van der Waals surface area contributed by atoms with Crippen LogP contribution in [0.15, 0.2) is 0 Å². The minimum absolute atomic E-state index is 0.737. The van der Waals surface area contributed by atoms with Crippen molar-refractivity contribution in [3.8, 4) is 0 Å². The minimum Gasteiger partial charge on any atom is -0.304 e. The van der Waals surface area contributed by atoms with Crippen molar-refractivity contribution in [3.05, 3.63) is 0 Å². The smallest absolute Gasteiger partial charge is 0.0204 e. The van der Waals surface area contributed by atoms with Gasteiger partial charge in [0.1, 0.15) is 0 Å². The van der Waals surface area contributed by atoms with Gasteiger partial charge in [-0.3, -0.25) is 4.90 Å². The molecule has 2 saturated heterocycles. The van der Waals surface area contributed by atoms with E-state index < -0.39 is 0 Å². The largest absolute Gasteiger partial charge is 0.304 e. The summed E-state index contributed by atoms with van der Waals surface area (Å²) in [5.41, 5.74) is 0. The molecule has 0 saturated carbocycles. The first-order valence-corrected chi connectivity index (χ1v) is 7.39. The summed E-state index contributed by atoms with van der Waals surface area (Å²) in [4.78, 5) is 5.17. The highest BCUT2D eigenvalue weighted by molar-refractivity contribution is 14.1. The molecule has 2 aliphatic heterocycles. The highest BCUT2D eigenvalue weighted by Crippen LogP contribution is 2.29. The van der Waals surface area contributed by atoms with Crippen LogP contribution in [0.1, 0.15) is 20.3 Å². The van der Waals surface area contributed by atoms with Gasteiger partial charge in [-0.25, -0.2) is 3.11 Å². The van der Waals surface area contributed by atoms with Gasteiger partial charge in [0.2, 0.25) is 0 Å². The van der Waals surface area contributed by atoms with Crippen LogP contribution in [0.5, 0.6) is 0 Å². The molecule has 3 nitrogen and oxygen atoms in total. The average molecular weight is 337 g/mol. The standard InChI is InChI=1S/C12H24IN3/c1-10-9-16(13)11(2)8-12(10)15-6-4-14(3)5-7-15/h10-12H,4-9H2,1-3H3. The second kappa shape index (κ2) is 5.50. The maximum atomic E-state index is 2.73. The van der Waals surface area contributed by atoms with Gasteiger partial charge in [-0.05, 0) is 26.3 Å². The molecule has 2 rings (SSSR count). The zero-order chi connectivity index (χ0) is 11.7. The number of piperazine rings is 1. The third-order valence-electron chi connectivity index (χ3n) is 4.19. The molecule has 94 valence electrons. The number of halogens is 1. The summed E-state index contributed by atoms with van der Waals surface area (Å²) < 4.78 is 2.48. The van der Waals surface area contributed by atoms with Gasteiger partial charge >= 0.3 is 0 Å². The van der Waals surface area contributed by atoms with Gasteiger partial charge in [0, 0.05) is 67.7 Å². The van der Waals surface area contributed by atoms with Gasteiger partial charge in [-0.1, -0.05) is 6.92 Å². The number of hydrogen-bond acceptors (Lipinski definition) is 3. The molecule has 0 amide bonds. The van der Waals surface area contributed by atoms with Crippen molar-refractivity contribution in [1.82, 2.24) is 12.9 Å². The lowest BCUT2D eigenvalue weighted by molar-refractivity contribution is 0.0448. The van der Waals surface area contributed by atoms with Gasteiger partial charge in [0.05, 0.1) is 0 Å². The lowest BCUT2D eigenvalue weighted by Gasteiger charge is -2.46. The Morgan fingerprint density at radius 3 is 2.31 bits per heavy atom. The van der Waals surface area contributed by atoms with Crippen molar-refractivity contribution in [2.75, 3.05) is 39.8 Å². The molecule has 0 aromatic carbocycles. The van der Waals surface area contributed by atoms with Gasteiger partial charge in [-0.2, -0.15) is 0 Å². The topological polar surface area (TPSA) is 9.72 Å². The summed E-state index contributed by atoms with van der Waals surface area (Å²) in [7, 11) is 2.23. The number of likely N-dealkylation sites (N-methyl/N-ethyl adjacent to an activating group) is 1. The van der Waals surface area contributed by atoms with Gasteiger partial charge in [0.15, 0.2) is 0 Å². The lowest BCUT2D eigenvalue weighted by Crippen LogP contribution is -2.56. The van der Waals surface area contributed by atoms with Crippen LogP contribution in [0.3, 0.4) is 0 Å². The van der Waals surface area contributed by atoms with E-state index in [0.29, 0.717) is 0 Å². The molecule has 0 aromatic rings. The molecule has 4 heteroatoms. The Balaban J connectivity index is 1.93. The Morgan fingerprint density at radius 1 is 1.06 bits per heavy atom. The van der Waals surface area contributed by atoms with E-state index in [0.717, 1.165) is 18.0 Å². The zero-order valence-electron chi connectivity index (χ0n) is 10.7. The van der Waals surface area contributed by atoms with E-state index in [2.05, 4.69) is 56.7 Å². The van der Waals surface area contributed by atoms with Crippen molar-refractivity contribution in [1.29, 1.82) is 0 Å². The molecule has 0 spiro atoms. The third-order valence-corrected chi connectivity index (χ3v) is 5.53. The van der Waals surface area contributed by atoms with Crippen molar-refractivity contribution < 1.29 is 0 Å². The molecule has 0 aliphatic carbocycles. The van der Waals surface area contributed by atoms with Crippen LogP contribution in [0.2, 0.25) is 0 Å². The molecule has 0 radical (unpaired) electrons. The molecule has 2 heterocycles. The van der Waals surface area contributed by atoms with E-state index >= 15 is 0 Å². The number of hydrogen-bond donors (Lipinski definition) is 0. The molecular weight excluding hydrogens is 313 g/mol. The minimum atomic E-state index is 0.737. The summed E-state index contributed by atoms with van der Waals surface area (Å²) in [6, 6.07) is 1.55. The third kappa shape index (κ3) is 2.89. The van der Waals surface area contributed by atoms with Gasteiger partial charge in [0.25, 0.3) is 0 Å². The van der Waals surface area contributed by atoms with Crippen molar-refractivity contribution >= 4 is 22.9 Å². The maximum Gasteiger partial charge on any atom is 0.0204 e. The van der Waals surface area contributed by atoms with Crippen molar-refractivity contribution in [2.45, 2.75) is 32.4 Å². The predicted molar refractivity (Wildman–Crippen MR) is 76.8 cm³/mol. The van der Waals surface area contributed by atoms with E-state index in [4.69, 9.17) is 0 Å². The predicted octanol–water partition coefficient (Wildman–Crippen LogP) is 1.68. The normalized spacial score (nSPS) is 40.1. The van der Waals surface area contributed by atoms with Crippen LogP contribution in [-0.4, -0.2) is 64.8 Å². The summed E-state index contributed by atoms with van der Waals surface area (Å²) in [5.74, 6) is 0.816. The molecule has 2 fully saturated rings. The van der Waals surface area contributed by atoms with Crippen LogP contribution >= 0.6 is 22.9 Å². The number of nitrogens with zero attached hydrogens (tertiary/aromatic N) is 3. The Morgan fingerprint density at radius 2 is 1.69 bits per heavy atom. The monoisotopic (exact) mass is 337 g/mol. The van der Waals surface area contributed by atoms with Crippen molar-refractivity contribution in [3.63, 3.8) is 0 Å². The first-order chi connectivity index (χ1) is 7.58. The Hall–Kier alpha value is 0.610. The molecule has 16 heavy (non-hydrogen) atoms. The molecule has 0 bridgehead atoms. The van der Waals surface area contributed by atoms with Crippen LogP contribution in [-0.2, 0) is 0 Å². The summed E-state index contributed by atoms with van der Waals surface area (Å²) in [6.07, 6.45) is 1.34. The molecule has 0 aromatic heterocycles. The summed E-state index contributed by atoms with van der Waals surface area (Å²) >= 11 is 2.49. The molecular formula is C12H24IN3. The molecule has 3 unspecified atom stereocenters. The van der Waals surface area contributed by atoms with E-state index in [1.165, 1.54) is 39.1 Å². The fourth-order valence-corrected chi connectivity index (χ4v) is 3.78. The van der Waals surface area contributed by atoms with E-state index in [-0.39, 0.29) is 0 Å². The van der Waals surface area contributed by atoms with E-state index in [1.807, 2.05) is 0 Å². The lowest BCUT2D eigenvalue weighted by atomic mass is 9.89. The van der Waals surface area contributed by atoms with Gasteiger partial charge in [-0.15, -0.1) is 0 Å².